The number of benzene rings is 2. The van der Waals surface area contributed by atoms with Crippen LogP contribution in [0, 0.1) is 5.82 Å². The van der Waals surface area contributed by atoms with Crippen LogP contribution in [0.25, 0.3) is 0 Å². The second kappa shape index (κ2) is 9.04. The number of halogens is 5. The first-order chi connectivity index (χ1) is 14.2. The van der Waals surface area contributed by atoms with Gasteiger partial charge in [-0.05, 0) is 48.6 Å². The van der Waals surface area contributed by atoms with E-state index in [4.69, 9.17) is 21.5 Å². The van der Waals surface area contributed by atoms with E-state index in [-0.39, 0.29) is 27.6 Å². The van der Waals surface area contributed by atoms with Gasteiger partial charge in [-0.2, -0.15) is 13.2 Å². The highest BCUT2D eigenvalue weighted by molar-refractivity contribution is 6.31. The lowest BCUT2D eigenvalue weighted by Crippen LogP contribution is -2.51. The number of hydrogen-bond acceptors (Lipinski definition) is 4. The minimum absolute atomic E-state index is 0.00989. The molecule has 0 aliphatic carbocycles. The highest BCUT2D eigenvalue weighted by Gasteiger charge is 2.56. The van der Waals surface area contributed by atoms with Gasteiger partial charge in [-0.1, -0.05) is 42.7 Å². The molecule has 0 radical (unpaired) electrons. The van der Waals surface area contributed by atoms with Crippen molar-refractivity contribution in [3.8, 4) is 5.75 Å². The molecule has 2 aromatic rings. The Bertz CT molecular complexity index is 976. The number of alkyl halides is 3. The van der Waals surface area contributed by atoms with Crippen LogP contribution in [-0.2, 0) is 11.8 Å². The quantitative estimate of drug-likeness (QED) is 0.234. The summed E-state index contributed by atoms with van der Waals surface area (Å²) in [6, 6.07) is 7.75. The molecule has 0 fully saturated rings. The Labute approximate surface area is 183 Å². The van der Waals surface area contributed by atoms with Crippen molar-refractivity contribution in [2.24, 2.45) is 5.16 Å². The van der Waals surface area contributed by atoms with Gasteiger partial charge in [0.1, 0.15) is 11.6 Å². The van der Waals surface area contributed by atoms with E-state index in [1.807, 2.05) is 0 Å². The van der Waals surface area contributed by atoms with E-state index in [0.717, 1.165) is 12.1 Å². The Kier molecular flexibility index (Phi) is 7.28. The molecule has 0 aliphatic rings. The molecule has 0 heterocycles. The molecule has 2 aromatic carbocycles. The summed E-state index contributed by atoms with van der Waals surface area (Å²) in [4.78, 5) is 0. The van der Waals surface area contributed by atoms with Crippen LogP contribution in [0.5, 0.6) is 5.75 Å². The van der Waals surface area contributed by atoms with E-state index in [0.29, 0.717) is 5.56 Å². The van der Waals surface area contributed by atoms with Crippen LogP contribution >= 0.6 is 11.6 Å². The van der Waals surface area contributed by atoms with Gasteiger partial charge in [0.2, 0.25) is 0 Å². The van der Waals surface area contributed by atoms with Crippen molar-refractivity contribution >= 4 is 17.3 Å². The lowest BCUT2D eigenvalue weighted by atomic mass is 9.72. The van der Waals surface area contributed by atoms with Gasteiger partial charge in [-0.3, -0.25) is 0 Å². The van der Waals surface area contributed by atoms with Crippen molar-refractivity contribution in [2.75, 3.05) is 7.11 Å². The van der Waals surface area contributed by atoms with Crippen molar-refractivity contribution < 1.29 is 32.6 Å². The SMILES string of the molecule is COc1ccc(F)cc1C(C)(C)CC(O)(Cc1ccc(C(C)=NO)cc1Cl)C(F)(F)F. The van der Waals surface area contributed by atoms with Gasteiger partial charge in [-0.15, -0.1) is 0 Å². The second-order valence-corrected chi connectivity index (χ2v) is 8.51. The predicted octanol–water partition coefficient (Wildman–Crippen LogP) is 5.89. The second-order valence-electron chi connectivity index (χ2n) is 8.10. The minimum Gasteiger partial charge on any atom is -0.496 e. The third kappa shape index (κ3) is 5.49. The van der Waals surface area contributed by atoms with Gasteiger partial charge in [0.05, 0.1) is 12.8 Å². The van der Waals surface area contributed by atoms with E-state index in [1.165, 1.54) is 52.1 Å². The molecule has 0 bridgehead atoms. The molecular weight excluding hydrogens is 438 g/mol. The number of hydrogen-bond donors (Lipinski definition) is 2. The molecule has 2 N–H and O–H groups in total. The first-order valence-electron chi connectivity index (χ1n) is 9.34. The number of nitrogens with zero attached hydrogens (tertiary/aromatic N) is 1. The van der Waals surface area contributed by atoms with Crippen LogP contribution in [0.3, 0.4) is 0 Å². The Balaban J connectivity index is 2.47. The van der Waals surface area contributed by atoms with E-state index < -0.39 is 35.9 Å². The van der Waals surface area contributed by atoms with Crippen LogP contribution in [0.15, 0.2) is 41.6 Å². The number of aliphatic hydroxyl groups is 1. The lowest BCUT2D eigenvalue weighted by molar-refractivity contribution is -0.266. The molecule has 0 aliphatic heterocycles. The summed E-state index contributed by atoms with van der Waals surface area (Å²) < 4.78 is 61.1. The topological polar surface area (TPSA) is 62.0 Å². The molecule has 0 spiro atoms. The van der Waals surface area contributed by atoms with Gasteiger partial charge >= 0.3 is 6.18 Å². The summed E-state index contributed by atoms with van der Waals surface area (Å²) in [6.07, 6.45) is -6.57. The fourth-order valence-electron chi connectivity index (χ4n) is 3.59. The van der Waals surface area contributed by atoms with Gasteiger partial charge < -0.3 is 15.1 Å². The predicted molar refractivity (Wildman–Crippen MR) is 111 cm³/mol. The maximum absolute atomic E-state index is 14.0. The number of rotatable bonds is 7. The molecule has 0 amide bonds. The van der Waals surface area contributed by atoms with Crippen LogP contribution in [0.4, 0.5) is 17.6 Å². The first kappa shape index (κ1) is 24.9. The smallest absolute Gasteiger partial charge is 0.417 e. The summed E-state index contributed by atoms with van der Waals surface area (Å²) in [6.45, 7) is 4.46. The maximum Gasteiger partial charge on any atom is 0.417 e. The normalized spacial score (nSPS) is 15.0. The average Bonchev–Trinajstić information content (AvgIpc) is 2.67. The molecule has 170 valence electrons. The molecule has 0 saturated carbocycles. The van der Waals surface area contributed by atoms with Crippen molar-refractivity contribution in [1.29, 1.82) is 0 Å². The summed E-state index contributed by atoms with van der Waals surface area (Å²) in [5.41, 5.74) is -3.52. The molecule has 0 saturated heterocycles. The molecular formula is C22H24ClF4NO3. The van der Waals surface area contributed by atoms with E-state index >= 15 is 0 Å². The van der Waals surface area contributed by atoms with E-state index in [1.54, 1.807) is 0 Å². The van der Waals surface area contributed by atoms with Gasteiger partial charge in [-0.25, -0.2) is 4.39 Å². The van der Waals surface area contributed by atoms with Crippen molar-refractivity contribution in [2.45, 2.75) is 50.8 Å². The minimum atomic E-state index is -4.99. The monoisotopic (exact) mass is 461 g/mol. The molecule has 0 aromatic heterocycles. The molecule has 4 nitrogen and oxygen atoms in total. The van der Waals surface area contributed by atoms with Crippen LogP contribution < -0.4 is 4.74 Å². The van der Waals surface area contributed by atoms with Crippen molar-refractivity contribution in [3.63, 3.8) is 0 Å². The van der Waals surface area contributed by atoms with E-state index in [9.17, 15) is 22.7 Å². The number of methoxy groups -OCH3 is 1. The summed E-state index contributed by atoms with van der Waals surface area (Å²) in [5.74, 6) is -0.406. The fourth-order valence-corrected chi connectivity index (χ4v) is 3.83. The highest BCUT2D eigenvalue weighted by atomic mass is 35.5. The molecule has 2 rings (SSSR count). The fraction of sp³-hybridized carbons (Fsp3) is 0.409. The molecule has 1 atom stereocenters. The first-order valence-corrected chi connectivity index (χ1v) is 9.72. The zero-order valence-electron chi connectivity index (χ0n) is 17.5. The number of oxime groups is 1. The highest BCUT2D eigenvalue weighted by Crippen LogP contribution is 2.45. The maximum atomic E-state index is 14.0. The standard InChI is InChI=1S/C22H24ClF4NO3/c1-13(28-30)14-5-6-15(18(23)9-14)11-21(29,22(25,26)27)12-20(2,3)17-10-16(24)7-8-19(17)31-4/h5-10,29-30H,11-12H2,1-4H3. The molecule has 1 unspecified atom stereocenters. The molecule has 9 heteroatoms. The van der Waals surface area contributed by atoms with Gasteiger partial charge in [0.25, 0.3) is 0 Å². The average molecular weight is 462 g/mol. The van der Waals surface area contributed by atoms with Crippen LogP contribution in [0.1, 0.15) is 43.9 Å². The largest absolute Gasteiger partial charge is 0.496 e. The Morgan fingerprint density at radius 2 is 1.77 bits per heavy atom. The Hall–Kier alpha value is -2.32. The Morgan fingerprint density at radius 3 is 2.29 bits per heavy atom. The Morgan fingerprint density at radius 1 is 1.13 bits per heavy atom. The lowest BCUT2D eigenvalue weighted by Gasteiger charge is -2.38. The number of ether oxygens (including phenoxy) is 1. The van der Waals surface area contributed by atoms with E-state index in [2.05, 4.69) is 5.16 Å². The van der Waals surface area contributed by atoms with Gasteiger partial charge in [0, 0.05) is 22.6 Å². The van der Waals surface area contributed by atoms with Crippen LogP contribution in [0.2, 0.25) is 5.02 Å². The summed E-state index contributed by atoms with van der Waals surface area (Å²) in [5, 5.41) is 22.7. The third-order valence-corrected chi connectivity index (χ3v) is 5.61. The molecule has 31 heavy (non-hydrogen) atoms. The van der Waals surface area contributed by atoms with Gasteiger partial charge in [0.15, 0.2) is 5.60 Å². The zero-order chi connectivity index (χ0) is 23.6. The summed E-state index contributed by atoms with van der Waals surface area (Å²) >= 11 is 6.16. The van der Waals surface area contributed by atoms with Crippen molar-refractivity contribution in [1.82, 2.24) is 0 Å². The summed E-state index contributed by atoms with van der Waals surface area (Å²) in [7, 11) is 1.34. The van der Waals surface area contributed by atoms with Crippen molar-refractivity contribution in [3.05, 3.63) is 63.9 Å². The zero-order valence-corrected chi connectivity index (χ0v) is 18.3. The van der Waals surface area contributed by atoms with Crippen LogP contribution in [-0.4, -0.2) is 34.9 Å². The third-order valence-electron chi connectivity index (χ3n) is 5.26.